The molecule has 5 heteroatoms. The average Bonchev–Trinajstić information content (AvgIpc) is 2.97. The zero-order valence-electron chi connectivity index (χ0n) is 7.74. The van der Waals surface area contributed by atoms with Crippen molar-refractivity contribution in [3.8, 4) is 0 Å². The highest BCUT2D eigenvalue weighted by Crippen LogP contribution is 2.37. The van der Waals surface area contributed by atoms with E-state index in [-0.39, 0.29) is 17.7 Å². The van der Waals surface area contributed by atoms with E-state index in [4.69, 9.17) is 16.5 Å². The molecule has 0 radical (unpaired) electrons. The maximum absolute atomic E-state index is 11.7. The van der Waals surface area contributed by atoms with Crippen LogP contribution in [0.1, 0.15) is 12.5 Å². The largest absolute Gasteiger partial charge is 0.379 e. The maximum Gasteiger partial charge on any atom is 0.275 e. The third kappa shape index (κ3) is 1.51. The van der Waals surface area contributed by atoms with Crippen molar-refractivity contribution in [1.82, 2.24) is 4.57 Å². The van der Waals surface area contributed by atoms with Gasteiger partial charge in [-0.2, -0.15) is 0 Å². The summed E-state index contributed by atoms with van der Waals surface area (Å²) in [6.45, 7) is 0. The molecule has 4 nitrogen and oxygen atoms in total. The fraction of sp³-hybridized carbons (Fsp3) is 0.444. The summed E-state index contributed by atoms with van der Waals surface area (Å²) in [6.07, 6.45) is 2.81. The molecule has 0 aromatic carbocycles. The van der Waals surface area contributed by atoms with Crippen LogP contribution in [0, 0.1) is 0 Å². The summed E-state index contributed by atoms with van der Waals surface area (Å²) in [4.78, 5) is 14.1. The molecule has 1 saturated carbocycles. The Balaban J connectivity index is 2.31. The van der Waals surface area contributed by atoms with Crippen LogP contribution in [0.15, 0.2) is 23.1 Å². The van der Waals surface area contributed by atoms with E-state index in [1.54, 1.807) is 30.0 Å². The van der Waals surface area contributed by atoms with E-state index >= 15 is 0 Å². The standard InChI is InChI=1S/C9H11ClN2O2/c1-14-8-5-7(8)12-4-2-3-6(11-10)9(12)13/h2-4,7-8,11H,5H2,1H3/t7-,8?/m0/s1. The molecule has 1 unspecified atom stereocenters. The second kappa shape index (κ2) is 3.63. The second-order valence-corrected chi connectivity index (χ2v) is 3.49. The van der Waals surface area contributed by atoms with E-state index in [9.17, 15) is 4.79 Å². The third-order valence-electron chi connectivity index (χ3n) is 2.44. The first-order valence-electron chi connectivity index (χ1n) is 4.38. The summed E-state index contributed by atoms with van der Waals surface area (Å²) in [5.41, 5.74) is 0.294. The van der Waals surface area contributed by atoms with Gasteiger partial charge in [0.2, 0.25) is 0 Å². The molecule has 0 bridgehead atoms. The molecule has 1 N–H and O–H groups in total. The first-order valence-corrected chi connectivity index (χ1v) is 4.76. The smallest absolute Gasteiger partial charge is 0.275 e. The third-order valence-corrected chi connectivity index (χ3v) is 2.64. The summed E-state index contributed by atoms with van der Waals surface area (Å²) in [6, 6.07) is 3.60. The Morgan fingerprint density at radius 2 is 2.50 bits per heavy atom. The number of aromatic nitrogens is 1. The quantitative estimate of drug-likeness (QED) is 0.773. The lowest BCUT2D eigenvalue weighted by Gasteiger charge is -2.05. The summed E-state index contributed by atoms with van der Waals surface area (Å²) in [5.74, 6) is 0. The number of pyridine rings is 1. The van der Waals surface area contributed by atoms with Crippen LogP contribution < -0.4 is 10.4 Å². The number of rotatable bonds is 3. The number of halogens is 1. The number of hydrogen-bond acceptors (Lipinski definition) is 3. The van der Waals surface area contributed by atoms with Crippen molar-refractivity contribution in [2.45, 2.75) is 18.6 Å². The second-order valence-electron chi connectivity index (χ2n) is 3.31. The maximum atomic E-state index is 11.7. The van der Waals surface area contributed by atoms with Crippen molar-refractivity contribution in [3.05, 3.63) is 28.7 Å². The normalized spacial score (nSPS) is 24.7. The minimum Gasteiger partial charge on any atom is -0.379 e. The summed E-state index contributed by atoms with van der Waals surface area (Å²) in [5, 5.41) is 0. The molecule has 14 heavy (non-hydrogen) atoms. The highest BCUT2D eigenvalue weighted by atomic mass is 35.5. The van der Waals surface area contributed by atoms with E-state index in [2.05, 4.69) is 4.84 Å². The van der Waals surface area contributed by atoms with E-state index < -0.39 is 0 Å². The zero-order valence-corrected chi connectivity index (χ0v) is 8.49. The SMILES string of the molecule is COC1C[C@@H]1n1cccc(NCl)c1=O. The highest BCUT2D eigenvalue weighted by molar-refractivity contribution is 6.23. The Kier molecular flexibility index (Phi) is 2.48. The average molecular weight is 215 g/mol. The molecule has 0 spiro atoms. The van der Waals surface area contributed by atoms with Gasteiger partial charge in [-0.15, -0.1) is 0 Å². The highest BCUT2D eigenvalue weighted by Gasteiger charge is 2.39. The van der Waals surface area contributed by atoms with Crippen LogP contribution in [0.5, 0.6) is 0 Å². The molecule has 1 aromatic rings. The van der Waals surface area contributed by atoms with E-state index in [0.29, 0.717) is 5.69 Å². The summed E-state index contributed by atoms with van der Waals surface area (Å²) in [7, 11) is 1.65. The minimum atomic E-state index is -0.105. The molecule has 1 aliphatic rings. The zero-order chi connectivity index (χ0) is 10.1. The van der Waals surface area contributed by atoms with Gasteiger partial charge >= 0.3 is 0 Å². The number of nitrogens with zero attached hydrogens (tertiary/aromatic N) is 1. The van der Waals surface area contributed by atoms with Gasteiger partial charge in [0.1, 0.15) is 5.69 Å². The van der Waals surface area contributed by atoms with Gasteiger partial charge < -0.3 is 9.30 Å². The van der Waals surface area contributed by atoms with Gasteiger partial charge in [0, 0.05) is 25.1 Å². The van der Waals surface area contributed by atoms with Crippen molar-refractivity contribution in [3.63, 3.8) is 0 Å². The van der Waals surface area contributed by atoms with Crippen LogP contribution >= 0.6 is 11.8 Å². The van der Waals surface area contributed by atoms with E-state index in [1.807, 2.05) is 0 Å². The van der Waals surface area contributed by atoms with E-state index in [1.165, 1.54) is 0 Å². The van der Waals surface area contributed by atoms with Gasteiger partial charge in [-0.05, 0) is 18.6 Å². The van der Waals surface area contributed by atoms with Gasteiger partial charge in [-0.1, -0.05) is 0 Å². The Bertz CT molecular complexity index is 391. The minimum absolute atomic E-state index is 0.105. The Morgan fingerprint density at radius 3 is 3.07 bits per heavy atom. The summed E-state index contributed by atoms with van der Waals surface area (Å²) < 4.78 is 6.80. The molecule has 1 aliphatic carbocycles. The molecule has 0 amide bonds. The van der Waals surface area contributed by atoms with Crippen molar-refractivity contribution in [2.24, 2.45) is 0 Å². The van der Waals surface area contributed by atoms with Gasteiger partial charge in [0.05, 0.1) is 12.1 Å². The van der Waals surface area contributed by atoms with Crippen LogP contribution in [0.4, 0.5) is 5.69 Å². The molecule has 76 valence electrons. The van der Waals surface area contributed by atoms with Crippen LogP contribution in [-0.4, -0.2) is 17.8 Å². The molecule has 1 aromatic heterocycles. The fourth-order valence-corrected chi connectivity index (χ4v) is 1.69. The number of methoxy groups -OCH3 is 1. The molecule has 1 fully saturated rings. The number of ether oxygens (including phenoxy) is 1. The summed E-state index contributed by atoms with van der Waals surface area (Å²) >= 11 is 5.40. The predicted molar refractivity (Wildman–Crippen MR) is 54.6 cm³/mol. The molecular formula is C9H11ClN2O2. The van der Waals surface area contributed by atoms with Gasteiger partial charge in [0.25, 0.3) is 5.56 Å². The van der Waals surface area contributed by atoms with Crippen molar-refractivity contribution >= 4 is 17.5 Å². The predicted octanol–water partition coefficient (Wildman–Crippen LogP) is 1.37. The first kappa shape index (κ1) is 9.55. The molecule has 0 aliphatic heterocycles. The van der Waals surface area contributed by atoms with Gasteiger partial charge in [-0.25, -0.2) is 0 Å². The molecular weight excluding hydrogens is 204 g/mol. The Hall–Kier alpha value is -1.00. The number of hydrogen-bond donors (Lipinski definition) is 1. The molecule has 2 rings (SSSR count). The van der Waals surface area contributed by atoms with Crippen LogP contribution in [-0.2, 0) is 4.74 Å². The number of anilines is 1. The molecule has 1 heterocycles. The molecule has 0 saturated heterocycles. The van der Waals surface area contributed by atoms with Crippen molar-refractivity contribution in [2.75, 3.05) is 11.9 Å². The van der Waals surface area contributed by atoms with Crippen molar-refractivity contribution < 1.29 is 4.74 Å². The fourth-order valence-electron chi connectivity index (χ4n) is 1.55. The van der Waals surface area contributed by atoms with Crippen LogP contribution in [0.3, 0.4) is 0 Å². The monoisotopic (exact) mass is 214 g/mol. The van der Waals surface area contributed by atoms with Crippen molar-refractivity contribution in [1.29, 1.82) is 0 Å². The molecule has 2 atom stereocenters. The lowest BCUT2D eigenvalue weighted by Crippen LogP contribution is -2.21. The first-order chi connectivity index (χ1) is 6.77. The lowest BCUT2D eigenvalue weighted by atomic mass is 10.4. The lowest BCUT2D eigenvalue weighted by molar-refractivity contribution is 0.169. The Labute approximate surface area is 86.6 Å². The van der Waals surface area contributed by atoms with Crippen LogP contribution in [0.2, 0.25) is 0 Å². The van der Waals surface area contributed by atoms with E-state index in [0.717, 1.165) is 6.42 Å². The Morgan fingerprint density at radius 1 is 1.71 bits per heavy atom. The number of nitrogens with one attached hydrogen (secondary N) is 1. The topological polar surface area (TPSA) is 43.3 Å². The van der Waals surface area contributed by atoms with Crippen LogP contribution in [0.25, 0.3) is 0 Å². The van der Waals surface area contributed by atoms with Gasteiger partial charge in [-0.3, -0.25) is 9.63 Å². The van der Waals surface area contributed by atoms with Gasteiger partial charge in [0.15, 0.2) is 0 Å².